The molecule has 1 aliphatic carbocycles. The van der Waals surface area contributed by atoms with Crippen molar-refractivity contribution in [2.75, 3.05) is 0 Å². The van der Waals surface area contributed by atoms with Crippen LogP contribution in [0.2, 0.25) is 0 Å². The zero-order chi connectivity index (χ0) is 10.2. The van der Waals surface area contributed by atoms with Gasteiger partial charge in [0, 0.05) is 6.08 Å². The first-order valence-electron chi connectivity index (χ1n) is 3.29. The second-order valence-corrected chi connectivity index (χ2v) is 2.62. The summed E-state index contributed by atoms with van der Waals surface area (Å²) in [6.07, 6.45) is -1.95. The van der Waals surface area contributed by atoms with Crippen LogP contribution in [0.4, 0.5) is 13.2 Å². The van der Waals surface area contributed by atoms with Gasteiger partial charge < -0.3 is 5.11 Å². The van der Waals surface area contributed by atoms with Crippen molar-refractivity contribution in [1.29, 1.82) is 0 Å². The van der Waals surface area contributed by atoms with E-state index in [4.69, 9.17) is 5.11 Å². The van der Waals surface area contributed by atoms with Gasteiger partial charge >= 0.3 is 5.97 Å². The standard InChI is InChI=1S/C7H6F3NO2/c8-3-1-4(6(12)13)5(9)7(10,11)2-3/h1-2,5H,11H2,(H,12,13). The monoisotopic (exact) mass is 193 g/mol. The van der Waals surface area contributed by atoms with E-state index >= 15 is 0 Å². The fourth-order valence-electron chi connectivity index (χ4n) is 0.956. The number of hydrogen-bond acceptors (Lipinski definition) is 2. The number of allylic oxidation sites excluding steroid dienone is 2. The van der Waals surface area contributed by atoms with Gasteiger partial charge in [0.25, 0.3) is 0 Å². The van der Waals surface area contributed by atoms with Crippen LogP contribution >= 0.6 is 0 Å². The van der Waals surface area contributed by atoms with Crippen molar-refractivity contribution in [3.05, 3.63) is 23.6 Å². The van der Waals surface area contributed by atoms with Gasteiger partial charge in [-0.2, -0.15) is 0 Å². The third-order valence-corrected chi connectivity index (χ3v) is 1.56. The number of carboxylic acid groups (broad SMARTS) is 1. The zero-order valence-corrected chi connectivity index (χ0v) is 6.30. The van der Waals surface area contributed by atoms with E-state index in [0.717, 1.165) is 0 Å². The fourth-order valence-corrected chi connectivity index (χ4v) is 0.956. The van der Waals surface area contributed by atoms with Crippen LogP contribution in [0.25, 0.3) is 0 Å². The highest BCUT2D eigenvalue weighted by Crippen LogP contribution is 2.29. The summed E-state index contributed by atoms with van der Waals surface area (Å²) in [5, 5.41) is 8.33. The maximum absolute atomic E-state index is 12.9. The molecule has 0 saturated carbocycles. The minimum absolute atomic E-state index is 0.199. The molecule has 72 valence electrons. The molecule has 0 bridgehead atoms. The molecular formula is C7H6F3NO2. The fraction of sp³-hybridized carbons (Fsp3) is 0.286. The Balaban J connectivity index is 3.12. The normalized spacial score (nSPS) is 33.7. The molecule has 6 heteroatoms. The Morgan fingerprint density at radius 1 is 1.69 bits per heavy atom. The Labute approximate surface area is 71.3 Å². The molecule has 3 N–H and O–H groups in total. The van der Waals surface area contributed by atoms with Crippen molar-refractivity contribution in [2.24, 2.45) is 5.73 Å². The molecule has 1 rings (SSSR count). The number of alkyl halides is 2. The van der Waals surface area contributed by atoms with Crippen molar-refractivity contribution in [1.82, 2.24) is 0 Å². The van der Waals surface area contributed by atoms with Gasteiger partial charge in [0.15, 0.2) is 6.17 Å². The molecule has 0 aromatic heterocycles. The van der Waals surface area contributed by atoms with Crippen molar-refractivity contribution in [3.8, 4) is 0 Å². The lowest BCUT2D eigenvalue weighted by molar-refractivity contribution is -0.134. The molecule has 2 atom stereocenters. The molecule has 0 aromatic rings. The minimum atomic E-state index is -3.09. The van der Waals surface area contributed by atoms with Gasteiger partial charge in [-0.1, -0.05) is 0 Å². The Morgan fingerprint density at radius 2 is 2.23 bits per heavy atom. The van der Waals surface area contributed by atoms with E-state index in [2.05, 4.69) is 5.73 Å². The molecule has 0 saturated heterocycles. The van der Waals surface area contributed by atoms with E-state index in [1.807, 2.05) is 0 Å². The third kappa shape index (κ3) is 1.72. The second kappa shape index (κ2) is 2.88. The van der Waals surface area contributed by atoms with Crippen LogP contribution in [0.15, 0.2) is 23.6 Å². The Morgan fingerprint density at radius 3 is 2.69 bits per heavy atom. The van der Waals surface area contributed by atoms with Crippen LogP contribution in [-0.4, -0.2) is 23.0 Å². The summed E-state index contributed by atoms with van der Waals surface area (Å²) in [6, 6.07) is 0. The van der Waals surface area contributed by atoms with Gasteiger partial charge in [-0.05, 0) is 6.08 Å². The minimum Gasteiger partial charge on any atom is -0.478 e. The lowest BCUT2D eigenvalue weighted by Gasteiger charge is -2.24. The summed E-state index contributed by atoms with van der Waals surface area (Å²) in [4.78, 5) is 10.3. The highest BCUT2D eigenvalue weighted by Gasteiger charge is 2.42. The van der Waals surface area contributed by atoms with E-state index < -0.39 is 29.3 Å². The largest absolute Gasteiger partial charge is 0.478 e. The number of rotatable bonds is 1. The SMILES string of the molecule is NC1(F)C=C(F)C=C(C(=O)O)C1F. The van der Waals surface area contributed by atoms with Gasteiger partial charge in [0.2, 0.25) is 5.79 Å². The highest BCUT2D eigenvalue weighted by molar-refractivity contribution is 5.89. The number of nitrogens with two attached hydrogens (primary N) is 1. The molecule has 0 aromatic carbocycles. The van der Waals surface area contributed by atoms with Crippen LogP contribution in [0.5, 0.6) is 0 Å². The average molecular weight is 193 g/mol. The van der Waals surface area contributed by atoms with Gasteiger partial charge in [-0.15, -0.1) is 0 Å². The molecule has 3 nitrogen and oxygen atoms in total. The van der Waals surface area contributed by atoms with Gasteiger partial charge in [-0.3, -0.25) is 5.73 Å². The van der Waals surface area contributed by atoms with Crippen LogP contribution in [0.3, 0.4) is 0 Å². The Bertz CT molecular complexity index is 309. The van der Waals surface area contributed by atoms with Crippen molar-refractivity contribution in [3.63, 3.8) is 0 Å². The summed E-state index contributed by atoms with van der Waals surface area (Å²) >= 11 is 0. The van der Waals surface area contributed by atoms with E-state index in [1.54, 1.807) is 0 Å². The summed E-state index contributed by atoms with van der Waals surface area (Å²) in [5.41, 5.74) is 3.65. The molecule has 0 fully saturated rings. The summed E-state index contributed by atoms with van der Waals surface area (Å²) in [5.74, 6) is -6.02. The van der Waals surface area contributed by atoms with Crippen molar-refractivity contribution < 1.29 is 23.1 Å². The number of carboxylic acids is 1. The molecule has 2 unspecified atom stereocenters. The summed E-state index contributed by atoms with van der Waals surface area (Å²) in [7, 11) is 0. The average Bonchev–Trinajstić information content (AvgIpc) is 1.95. The molecule has 0 aliphatic heterocycles. The second-order valence-electron chi connectivity index (χ2n) is 2.62. The number of halogens is 3. The zero-order valence-electron chi connectivity index (χ0n) is 6.30. The van der Waals surface area contributed by atoms with Crippen molar-refractivity contribution in [2.45, 2.75) is 12.0 Å². The maximum atomic E-state index is 12.9. The van der Waals surface area contributed by atoms with E-state index in [9.17, 15) is 18.0 Å². The first-order valence-corrected chi connectivity index (χ1v) is 3.29. The predicted octanol–water partition coefficient (Wildman–Crippen LogP) is 0.827. The van der Waals surface area contributed by atoms with E-state index in [0.29, 0.717) is 6.08 Å². The van der Waals surface area contributed by atoms with Gasteiger partial charge in [-0.25, -0.2) is 18.0 Å². The maximum Gasteiger partial charge on any atom is 0.334 e. The van der Waals surface area contributed by atoms with Crippen LogP contribution < -0.4 is 5.73 Å². The van der Waals surface area contributed by atoms with Crippen LogP contribution in [0.1, 0.15) is 0 Å². The first kappa shape index (κ1) is 9.79. The molecule has 0 amide bonds. The number of hydrogen-bond donors (Lipinski definition) is 2. The quantitative estimate of drug-likeness (QED) is 0.606. The summed E-state index contributed by atoms with van der Waals surface area (Å²) in [6.45, 7) is 0. The molecule has 0 radical (unpaired) electrons. The Kier molecular flexibility index (Phi) is 2.17. The first-order chi connectivity index (χ1) is 5.84. The van der Waals surface area contributed by atoms with Crippen LogP contribution in [-0.2, 0) is 4.79 Å². The van der Waals surface area contributed by atoms with Crippen molar-refractivity contribution >= 4 is 5.97 Å². The summed E-state index contributed by atoms with van der Waals surface area (Å²) < 4.78 is 38.3. The van der Waals surface area contributed by atoms with Gasteiger partial charge in [0.05, 0.1) is 5.57 Å². The third-order valence-electron chi connectivity index (χ3n) is 1.56. The van der Waals surface area contributed by atoms with E-state index in [-0.39, 0.29) is 6.08 Å². The highest BCUT2D eigenvalue weighted by atomic mass is 19.2. The smallest absolute Gasteiger partial charge is 0.334 e. The molecule has 0 spiro atoms. The lowest BCUT2D eigenvalue weighted by atomic mass is 9.96. The molecule has 13 heavy (non-hydrogen) atoms. The van der Waals surface area contributed by atoms with Gasteiger partial charge in [0.1, 0.15) is 5.83 Å². The lowest BCUT2D eigenvalue weighted by Crippen LogP contribution is -2.46. The Hall–Kier alpha value is -1.30. The molecule has 0 heterocycles. The van der Waals surface area contributed by atoms with Crippen LogP contribution in [0, 0.1) is 0 Å². The molecular weight excluding hydrogens is 187 g/mol. The number of aliphatic carboxylic acids is 1. The topological polar surface area (TPSA) is 63.3 Å². The number of carbonyl (C=O) groups is 1. The van der Waals surface area contributed by atoms with E-state index in [1.165, 1.54) is 0 Å². The molecule has 1 aliphatic rings. The predicted molar refractivity (Wildman–Crippen MR) is 37.8 cm³/mol.